The van der Waals surface area contributed by atoms with Crippen LogP contribution < -0.4 is 15.4 Å². The predicted octanol–water partition coefficient (Wildman–Crippen LogP) is 6.26. The van der Waals surface area contributed by atoms with Crippen molar-refractivity contribution in [2.45, 2.75) is 13.2 Å². The van der Waals surface area contributed by atoms with Crippen molar-refractivity contribution in [1.29, 1.82) is 5.26 Å². The molecule has 0 spiro atoms. The summed E-state index contributed by atoms with van der Waals surface area (Å²) in [4.78, 5) is 14.8. The lowest BCUT2D eigenvalue weighted by Gasteiger charge is -2.29. The monoisotopic (exact) mass is 611 g/mol. The van der Waals surface area contributed by atoms with E-state index in [9.17, 15) is 4.39 Å². The minimum Gasteiger partial charge on any atom is -0.487 e. The first-order valence-corrected chi connectivity index (χ1v) is 14.2. The molecule has 3 heterocycles. The number of hydrogen-bond acceptors (Lipinski definition) is 8. The number of ether oxygens (including phenoxy) is 2. The number of aromatic nitrogens is 2. The Balaban J connectivity index is 1.15. The summed E-state index contributed by atoms with van der Waals surface area (Å²) < 4.78 is 30.8. The molecule has 3 aromatic carbocycles. The lowest BCUT2D eigenvalue weighted by Crippen LogP contribution is -2.46. The van der Waals surface area contributed by atoms with Gasteiger partial charge >= 0.3 is 0 Å². The molecule has 0 aliphatic carbocycles. The molecular formula is C32H27ClFN7O3. The standard InChI is InChI=1S/C32H27ClFN7O3/c33-27-16-24(5-8-30(27)43-18-21-2-1-3-23(34)14-21)40-31-26-15-22(4-7-28(26)38-20-39-31)29-9-6-25(44-29)17-36-32(37-19-35)41-10-12-42-13-11-41/h1-9,14-16,20H,10-13,17-18H2,(H,36,37)(H,38,39,40). The summed E-state index contributed by atoms with van der Waals surface area (Å²) >= 11 is 6.50. The molecule has 222 valence electrons. The van der Waals surface area contributed by atoms with Crippen molar-refractivity contribution in [2.24, 2.45) is 4.99 Å². The maximum absolute atomic E-state index is 13.5. The molecule has 1 saturated heterocycles. The average Bonchev–Trinajstić information content (AvgIpc) is 3.52. The minimum atomic E-state index is -0.318. The zero-order valence-electron chi connectivity index (χ0n) is 23.5. The second kappa shape index (κ2) is 13.4. The molecule has 0 atom stereocenters. The Hall–Kier alpha value is -5.18. The zero-order chi connectivity index (χ0) is 30.3. The van der Waals surface area contributed by atoms with Crippen molar-refractivity contribution in [3.05, 3.63) is 101 Å². The van der Waals surface area contributed by atoms with Gasteiger partial charge in [-0.1, -0.05) is 23.7 Å². The normalized spacial score (nSPS) is 13.5. The van der Waals surface area contributed by atoms with E-state index in [4.69, 9.17) is 30.8 Å². The van der Waals surface area contributed by atoms with E-state index in [1.54, 1.807) is 24.3 Å². The van der Waals surface area contributed by atoms with Crippen LogP contribution in [0.15, 0.2) is 88.5 Å². The summed E-state index contributed by atoms with van der Waals surface area (Å²) in [5.74, 6) is 2.62. The predicted molar refractivity (Wildman–Crippen MR) is 165 cm³/mol. The summed E-state index contributed by atoms with van der Waals surface area (Å²) in [5, 5.41) is 16.8. The summed E-state index contributed by atoms with van der Waals surface area (Å²) in [6.45, 7) is 3.05. The molecule has 2 N–H and O–H groups in total. The lowest BCUT2D eigenvalue weighted by molar-refractivity contribution is 0.0665. The molecule has 6 rings (SSSR count). The molecule has 0 radical (unpaired) electrons. The number of morpholine rings is 1. The van der Waals surface area contributed by atoms with Crippen molar-refractivity contribution in [2.75, 3.05) is 31.6 Å². The molecular weight excluding hydrogens is 585 g/mol. The highest BCUT2D eigenvalue weighted by Gasteiger charge is 2.16. The van der Waals surface area contributed by atoms with E-state index in [1.807, 2.05) is 47.5 Å². The molecule has 1 fully saturated rings. The van der Waals surface area contributed by atoms with Crippen LogP contribution >= 0.6 is 11.6 Å². The van der Waals surface area contributed by atoms with Gasteiger partial charge in [0.1, 0.15) is 41.8 Å². The fourth-order valence-corrected chi connectivity index (χ4v) is 5.00. The number of nitriles is 1. The van der Waals surface area contributed by atoms with Gasteiger partial charge in [0.2, 0.25) is 12.2 Å². The quantitative estimate of drug-likeness (QED) is 0.119. The van der Waals surface area contributed by atoms with Gasteiger partial charge in [-0.2, -0.15) is 5.26 Å². The third kappa shape index (κ3) is 6.89. The maximum Gasteiger partial charge on any atom is 0.210 e. The third-order valence-corrected chi connectivity index (χ3v) is 7.24. The summed E-state index contributed by atoms with van der Waals surface area (Å²) in [6, 6.07) is 21.1. The molecule has 44 heavy (non-hydrogen) atoms. The number of benzene rings is 3. The van der Waals surface area contributed by atoms with Gasteiger partial charge in [0.05, 0.1) is 30.3 Å². The summed E-state index contributed by atoms with van der Waals surface area (Å²) in [5.41, 5.74) is 3.01. The van der Waals surface area contributed by atoms with Crippen LogP contribution in [0.4, 0.5) is 15.9 Å². The molecule has 0 saturated carbocycles. The Bertz CT molecular complexity index is 1850. The Labute approximate surface area is 257 Å². The van der Waals surface area contributed by atoms with Gasteiger partial charge in [0.25, 0.3) is 0 Å². The Morgan fingerprint density at radius 2 is 1.95 bits per heavy atom. The Kier molecular flexibility index (Phi) is 8.82. The number of aliphatic imine (C=N–C) groups is 1. The minimum absolute atomic E-state index is 0.191. The van der Waals surface area contributed by atoms with Gasteiger partial charge in [-0.3, -0.25) is 0 Å². The number of fused-ring (bicyclic) bond motifs is 1. The number of rotatable bonds is 8. The van der Waals surface area contributed by atoms with Crippen molar-refractivity contribution < 1.29 is 18.3 Å². The van der Waals surface area contributed by atoms with E-state index < -0.39 is 0 Å². The van der Waals surface area contributed by atoms with E-state index in [0.717, 1.165) is 16.5 Å². The van der Waals surface area contributed by atoms with E-state index in [2.05, 4.69) is 25.6 Å². The number of anilines is 2. The molecule has 0 bridgehead atoms. The smallest absolute Gasteiger partial charge is 0.210 e. The van der Waals surface area contributed by atoms with Crippen LogP contribution in [0, 0.1) is 17.3 Å². The lowest BCUT2D eigenvalue weighted by atomic mass is 10.1. The number of halogens is 2. The van der Waals surface area contributed by atoms with Gasteiger partial charge in [-0.15, -0.1) is 4.99 Å². The maximum atomic E-state index is 13.5. The third-order valence-electron chi connectivity index (χ3n) is 6.95. The fourth-order valence-electron chi connectivity index (χ4n) is 4.77. The van der Waals surface area contributed by atoms with E-state index in [-0.39, 0.29) is 12.4 Å². The fraction of sp³-hybridized carbons (Fsp3) is 0.188. The first-order valence-electron chi connectivity index (χ1n) is 13.9. The Morgan fingerprint density at radius 3 is 2.77 bits per heavy atom. The second-order valence-electron chi connectivity index (χ2n) is 9.90. The van der Waals surface area contributed by atoms with Gasteiger partial charge in [-0.25, -0.2) is 14.4 Å². The van der Waals surface area contributed by atoms with Crippen LogP contribution in [0.3, 0.4) is 0 Å². The highest BCUT2D eigenvalue weighted by Crippen LogP contribution is 2.33. The number of hydrogen-bond donors (Lipinski definition) is 2. The molecule has 0 amide bonds. The van der Waals surface area contributed by atoms with E-state index in [0.29, 0.717) is 78.2 Å². The highest BCUT2D eigenvalue weighted by molar-refractivity contribution is 6.32. The van der Waals surface area contributed by atoms with Crippen molar-refractivity contribution in [1.82, 2.24) is 20.2 Å². The molecule has 0 unspecified atom stereocenters. The average molecular weight is 612 g/mol. The number of guanidine groups is 1. The Morgan fingerprint density at radius 1 is 1.07 bits per heavy atom. The van der Waals surface area contributed by atoms with Gasteiger partial charge in [0.15, 0.2) is 0 Å². The molecule has 12 heteroatoms. The number of furan rings is 1. The molecule has 1 aliphatic rings. The van der Waals surface area contributed by atoms with Crippen LogP contribution in [0.5, 0.6) is 5.75 Å². The molecule has 1 aliphatic heterocycles. The van der Waals surface area contributed by atoms with Crippen LogP contribution in [0.25, 0.3) is 22.2 Å². The van der Waals surface area contributed by atoms with Gasteiger partial charge in [0, 0.05) is 29.7 Å². The number of nitrogens with zero attached hydrogens (tertiary/aromatic N) is 5. The van der Waals surface area contributed by atoms with Crippen LogP contribution in [-0.2, 0) is 17.9 Å². The first-order chi connectivity index (χ1) is 21.6. The second-order valence-corrected chi connectivity index (χ2v) is 10.3. The first kappa shape index (κ1) is 28.9. The van der Waals surface area contributed by atoms with Crippen molar-refractivity contribution in [3.63, 3.8) is 0 Å². The number of nitrogens with one attached hydrogen (secondary N) is 2. The van der Waals surface area contributed by atoms with Crippen molar-refractivity contribution in [3.8, 4) is 23.3 Å². The molecule has 10 nitrogen and oxygen atoms in total. The van der Waals surface area contributed by atoms with Gasteiger partial charge in [-0.05, 0) is 66.2 Å². The van der Waals surface area contributed by atoms with Crippen LogP contribution in [0.2, 0.25) is 5.02 Å². The van der Waals surface area contributed by atoms with Gasteiger partial charge < -0.3 is 29.4 Å². The van der Waals surface area contributed by atoms with Crippen LogP contribution in [0.1, 0.15) is 11.3 Å². The summed E-state index contributed by atoms with van der Waals surface area (Å²) in [7, 11) is 0. The SMILES string of the molecule is N#C/N=C(/NCc1ccc(-c2ccc3ncnc(Nc4ccc(OCc5cccc(F)c5)c(Cl)c4)c3c2)o1)N1CCOCC1. The van der Waals surface area contributed by atoms with E-state index in [1.165, 1.54) is 18.5 Å². The largest absolute Gasteiger partial charge is 0.487 e. The van der Waals surface area contributed by atoms with E-state index >= 15 is 0 Å². The summed E-state index contributed by atoms with van der Waals surface area (Å²) in [6.07, 6.45) is 3.35. The van der Waals surface area contributed by atoms with Crippen LogP contribution in [-0.4, -0.2) is 47.1 Å². The topological polar surface area (TPSA) is 121 Å². The van der Waals surface area contributed by atoms with Crippen molar-refractivity contribution >= 4 is 40.0 Å². The molecule has 5 aromatic rings. The molecule has 2 aromatic heterocycles. The zero-order valence-corrected chi connectivity index (χ0v) is 24.2. The highest BCUT2D eigenvalue weighted by atomic mass is 35.5.